The summed E-state index contributed by atoms with van der Waals surface area (Å²) in [6.45, 7) is 3.73. The molecule has 2 aliphatic heterocycles. The average Bonchev–Trinajstić information content (AvgIpc) is 3.29. The van der Waals surface area contributed by atoms with Crippen molar-refractivity contribution in [3.05, 3.63) is 54.0 Å². The van der Waals surface area contributed by atoms with E-state index in [1.165, 1.54) is 6.07 Å². The summed E-state index contributed by atoms with van der Waals surface area (Å²) in [6.07, 6.45) is 7.04. The van der Waals surface area contributed by atoms with E-state index in [-0.39, 0.29) is 6.04 Å². The van der Waals surface area contributed by atoms with Crippen molar-refractivity contribution in [2.75, 3.05) is 28.0 Å². The number of aromatic nitrogens is 5. The van der Waals surface area contributed by atoms with Crippen LogP contribution in [0.5, 0.6) is 0 Å². The molecule has 0 aromatic carbocycles. The molecule has 3 aromatic heterocycles. The molecular formula is C20H20FN7S. The van der Waals surface area contributed by atoms with Crippen LogP contribution in [0.2, 0.25) is 0 Å². The maximum atomic E-state index is 14.3. The molecule has 0 spiro atoms. The molecule has 1 unspecified atom stereocenters. The van der Waals surface area contributed by atoms with Crippen LogP contribution in [0.1, 0.15) is 30.6 Å². The SMILES string of the molecule is CC1c2cnc(-c3ncccn3)nc2CCN1c1cc(N2CCCS2)cc(F)n1. The number of anilines is 2. The van der Waals surface area contributed by atoms with Crippen molar-refractivity contribution in [1.82, 2.24) is 24.9 Å². The molecule has 9 heteroatoms. The Hall–Kier alpha value is -2.81. The molecule has 1 atom stereocenters. The molecule has 0 bridgehead atoms. The lowest BCUT2D eigenvalue weighted by Gasteiger charge is -2.35. The van der Waals surface area contributed by atoms with Gasteiger partial charge in [0.15, 0.2) is 11.6 Å². The lowest BCUT2D eigenvalue weighted by molar-refractivity contribution is 0.563. The van der Waals surface area contributed by atoms with Crippen LogP contribution in [0.3, 0.4) is 0 Å². The Morgan fingerprint density at radius 3 is 2.72 bits per heavy atom. The molecular weight excluding hydrogens is 389 g/mol. The first-order chi connectivity index (χ1) is 14.2. The van der Waals surface area contributed by atoms with Crippen molar-refractivity contribution in [3.63, 3.8) is 0 Å². The minimum absolute atomic E-state index is 0.00197. The first-order valence-corrected chi connectivity index (χ1v) is 10.6. The Morgan fingerprint density at radius 1 is 1.07 bits per heavy atom. The molecule has 7 nitrogen and oxygen atoms in total. The molecule has 5 rings (SSSR count). The van der Waals surface area contributed by atoms with Crippen molar-refractivity contribution in [1.29, 1.82) is 0 Å². The zero-order valence-electron chi connectivity index (χ0n) is 16.0. The fourth-order valence-corrected chi connectivity index (χ4v) is 4.80. The Kier molecular flexibility index (Phi) is 4.75. The van der Waals surface area contributed by atoms with Crippen LogP contribution < -0.4 is 9.21 Å². The van der Waals surface area contributed by atoms with Crippen LogP contribution in [0.15, 0.2) is 36.8 Å². The highest BCUT2D eigenvalue weighted by Gasteiger charge is 2.28. The summed E-state index contributed by atoms with van der Waals surface area (Å²) in [5, 5.41) is 0. The first-order valence-electron chi connectivity index (χ1n) is 9.67. The van der Waals surface area contributed by atoms with Gasteiger partial charge in [0, 0.05) is 61.5 Å². The van der Waals surface area contributed by atoms with Crippen molar-refractivity contribution < 1.29 is 4.39 Å². The highest BCUT2D eigenvalue weighted by Crippen LogP contribution is 2.36. The number of nitrogens with zero attached hydrogens (tertiary/aromatic N) is 7. The van der Waals surface area contributed by atoms with Crippen molar-refractivity contribution >= 4 is 23.5 Å². The zero-order valence-corrected chi connectivity index (χ0v) is 16.8. The number of rotatable bonds is 3. The maximum Gasteiger partial charge on any atom is 0.216 e. The first kappa shape index (κ1) is 18.2. The van der Waals surface area contributed by atoms with E-state index in [0.29, 0.717) is 24.0 Å². The number of fused-ring (bicyclic) bond motifs is 1. The van der Waals surface area contributed by atoms with Gasteiger partial charge in [0.1, 0.15) is 5.82 Å². The molecule has 0 radical (unpaired) electrons. The second-order valence-electron chi connectivity index (χ2n) is 7.08. The summed E-state index contributed by atoms with van der Waals surface area (Å²) < 4.78 is 16.4. The Morgan fingerprint density at radius 2 is 1.93 bits per heavy atom. The molecule has 1 saturated heterocycles. The van der Waals surface area contributed by atoms with E-state index in [1.807, 2.05) is 12.3 Å². The fraction of sp³-hybridized carbons (Fsp3) is 0.350. The van der Waals surface area contributed by atoms with Gasteiger partial charge in [-0.15, -0.1) is 0 Å². The third kappa shape index (κ3) is 3.50. The van der Waals surface area contributed by atoms with Crippen LogP contribution in [-0.4, -0.2) is 43.8 Å². The topological polar surface area (TPSA) is 70.9 Å². The number of pyridine rings is 1. The predicted molar refractivity (Wildman–Crippen MR) is 111 cm³/mol. The Balaban J connectivity index is 1.45. The standard InChI is InChI=1S/C20H20FN7S/c1-13-15-12-24-20(19-22-5-2-6-23-19)25-16(15)4-8-27(13)18-11-14(10-17(21)26-18)28-7-3-9-29-28/h2,5-6,10-13H,3-4,7-9H2,1H3. The lowest BCUT2D eigenvalue weighted by Crippen LogP contribution is -2.35. The average molecular weight is 409 g/mol. The highest BCUT2D eigenvalue weighted by molar-refractivity contribution is 8.00. The molecule has 148 valence electrons. The van der Waals surface area contributed by atoms with E-state index < -0.39 is 5.95 Å². The fourth-order valence-electron chi connectivity index (χ4n) is 3.81. The summed E-state index contributed by atoms with van der Waals surface area (Å²) in [4.78, 5) is 23.9. The van der Waals surface area contributed by atoms with Crippen LogP contribution in [0, 0.1) is 5.95 Å². The van der Waals surface area contributed by atoms with E-state index in [9.17, 15) is 4.39 Å². The van der Waals surface area contributed by atoms with Gasteiger partial charge >= 0.3 is 0 Å². The van der Waals surface area contributed by atoms with Gasteiger partial charge in [-0.05, 0) is 31.4 Å². The third-order valence-electron chi connectivity index (χ3n) is 5.27. The predicted octanol–water partition coefficient (Wildman–Crippen LogP) is 3.45. The van der Waals surface area contributed by atoms with Gasteiger partial charge in [0.2, 0.25) is 5.95 Å². The second kappa shape index (κ2) is 7.55. The van der Waals surface area contributed by atoms with Crippen LogP contribution in [0.25, 0.3) is 11.6 Å². The van der Waals surface area contributed by atoms with Gasteiger partial charge < -0.3 is 9.21 Å². The smallest absolute Gasteiger partial charge is 0.216 e. The quantitative estimate of drug-likeness (QED) is 0.481. The van der Waals surface area contributed by atoms with E-state index in [1.54, 1.807) is 30.4 Å². The summed E-state index contributed by atoms with van der Waals surface area (Å²) >= 11 is 1.74. The Labute approximate surface area is 172 Å². The third-order valence-corrected chi connectivity index (χ3v) is 6.45. The molecule has 3 aromatic rings. The van der Waals surface area contributed by atoms with Crippen LogP contribution >= 0.6 is 11.9 Å². The molecule has 0 aliphatic carbocycles. The van der Waals surface area contributed by atoms with Gasteiger partial charge in [-0.3, -0.25) is 0 Å². The van der Waals surface area contributed by atoms with E-state index in [2.05, 4.69) is 36.1 Å². The number of hydrogen-bond acceptors (Lipinski definition) is 8. The molecule has 29 heavy (non-hydrogen) atoms. The monoisotopic (exact) mass is 409 g/mol. The summed E-state index contributed by atoms with van der Waals surface area (Å²) in [5.41, 5.74) is 2.89. The van der Waals surface area contributed by atoms with E-state index >= 15 is 0 Å². The van der Waals surface area contributed by atoms with Crippen molar-refractivity contribution in [2.24, 2.45) is 0 Å². The van der Waals surface area contributed by atoms with Crippen LogP contribution in [-0.2, 0) is 6.42 Å². The summed E-state index contributed by atoms with van der Waals surface area (Å²) in [6, 6.07) is 5.26. The number of hydrogen-bond donors (Lipinski definition) is 0. The van der Waals surface area contributed by atoms with Gasteiger partial charge in [0.25, 0.3) is 0 Å². The maximum absolute atomic E-state index is 14.3. The highest BCUT2D eigenvalue weighted by atomic mass is 32.2. The van der Waals surface area contributed by atoms with Gasteiger partial charge in [0.05, 0.1) is 17.4 Å². The zero-order chi connectivity index (χ0) is 19.8. The normalized spacial score (nSPS) is 18.8. The molecule has 0 amide bonds. The molecule has 0 N–H and O–H groups in total. The van der Waals surface area contributed by atoms with Gasteiger partial charge in [-0.2, -0.15) is 4.39 Å². The summed E-state index contributed by atoms with van der Waals surface area (Å²) in [5.74, 6) is 2.32. The second-order valence-corrected chi connectivity index (χ2v) is 8.19. The minimum Gasteiger partial charge on any atom is -0.349 e. The van der Waals surface area contributed by atoms with E-state index in [0.717, 1.165) is 42.1 Å². The minimum atomic E-state index is -0.448. The molecule has 0 saturated carbocycles. The molecule has 2 aliphatic rings. The van der Waals surface area contributed by atoms with Crippen LogP contribution in [0.4, 0.5) is 15.9 Å². The largest absolute Gasteiger partial charge is 0.349 e. The van der Waals surface area contributed by atoms with E-state index in [4.69, 9.17) is 4.98 Å². The Bertz CT molecular complexity index is 1030. The summed E-state index contributed by atoms with van der Waals surface area (Å²) in [7, 11) is 0. The van der Waals surface area contributed by atoms with Gasteiger partial charge in [-0.1, -0.05) is 0 Å². The molecule has 5 heterocycles. The molecule has 1 fully saturated rings. The van der Waals surface area contributed by atoms with Crippen molar-refractivity contribution in [3.8, 4) is 11.6 Å². The van der Waals surface area contributed by atoms with Crippen molar-refractivity contribution in [2.45, 2.75) is 25.8 Å². The lowest BCUT2D eigenvalue weighted by atomic mass is 9.99. The number of halogens is 1. The van der Waals surface area contributed by atoms with Gasteiger partial charge in [-0.25, -0.2) is 24.9 Å².